The Morgan fingerprint density at radius 2 is 1.07 bits per heavy atom. The van der Waals surface area contributed by atoms with E-state index in [-0.39, 0.29) is 5.69 Å². The number of imidazole rings is 1. The molecule has 0 amide bonds. The maximum absolute atomic E-state index is 12.8. The number of aromatic amines is 1. The number of benzene rings is 3. The van der Waals surface area contributed by atoms with Crippen LogP contribution in [0.1, 0.15) is 0 Å². The average Bonchev–Trinajstić information content (AvgIpc) is 3.01. The van der Waals surface area contributed by atoms with Gasteiger partial charge in [0.15, 0.2) is 0 Å². The zero-order chi connectivity index (χ0) is 19.0. The lowest BCUT2D eigenvalue weighted by molar-refractivity contribution is 0.993. The summed E-state index contributed by atoms with van der Waals surface area (Å²) >= 11 is 18.1. The minimum absolute atomic E-state index is 0.243. The summed E-state index contributed by atoms with van der Waals surface area (Å²) in [5.41, 5.74) is 3.63. The van der Waals surface area contributed by atoms with Crippen molar-refractivity contribution in [1.82, 2.24) is 9.55 Å². The molecule has 0 spiro atoms. The third-order valence-corrected chi connectivity index (χ3v) is 4.99. The molecule has 3 aromatic carbocycles. The van der Waals surface area contributed by atoms with Crippen molar-refractivity contribution in [2.24, 2.45) is 0 Å². The fraction of sp³-hybridized carbons (Fsp3) is 0. The third kappa shape index (κ3) is 3.54. The molecule has 0 saturated heterocycles. The summed E-state index contributed by atoms with van der Waals surface area (Å²) in [5, 5.41) is 1.86. The van der Waals surface area contributed by atoms with Crippen molar-refractivity contribution in [3.05, 3.63) is 98.3 Å². The van der Waals surface area contributed by atoms with E-state index < -0.39 is 0 Å². The van der Waals surface area contributed by atoms with Crippen LogP contribution in [-0.4, -0.2) is 9.55 Å². The Morgan fingerprint density at radius 3 is 1.59 bits per heavy atom. The highest BCUT2D eigenvalue weighted by Crippen LogP contribution is 2.33. The van der Waals surface area contributed by atoms with Gasteiger partial charge >= 0.3 is 5.69 Å². The zero-order valence-electron chi connectivity index (χ0n) is 13.9. The van der Waals surface area contributed by atoms with Gasteiger partial charge in [0.1, 0.15) is 0 Å². The van der Waals surface area contributed by atoms with Gasteiger partial charge in [0.05, 0.1) is 17.1 Å². The summed E-state index contributed by atoms with van der Waals surface area (Å²) in [4.78, 5) is 15.8. The summed E-state index contributed by atoms with van der Waals surface area (Å²) in [5.74, 6) is 0. The molecule has 3 nitrogen and oxygen atoms in total. The lowest BCUT2D eigenvalue weighted by atomic mass is 10.0. The molecule has 0 aliphatic carbocycles. The molecular weight excluding hydrogens is 403 g/mol. The normalized spacial score (nSPS) is 10.9. The first-order valence-electron chi connectivity index (χ1n) is 8.16. The number of hydrogen-bond acceptors (Lipinski definition) is 1. The Morgan fingerprint density at radius 1 is 0.630 bits per heavy atom. The van der Waals surface area contributed by atoms with E-state index in [0.717, 1.165) is 16.8 Å². The average molecular weight is 416 g/mol. The van der Waals surface area contributed by atoms with Crippen LogP contribution in [0.2, 0.25) is 15.1 Å². The van der Waals surface area contributed by atoms with Crippen LogP contribution in [0.5, 0.6) is 0 Å². The van der Waals surface area contributed by atoms with E-state index in [2.05, 4.69) is 4.98 Å². The molecule has 27 heavy (non-hydrogen) atoms. The Bertz CT molecular complexity index is 1140. The van der Waals surface area contributed by atoms with Crippen molar-refractivity contribution in [2.45, 2.75) is 0 Å². The van der Waals surface area contributed by atoms with E-state index in [0.29, 0.717) is 26.4 Å². The highest BCUT2D eigenvalue weighted by Gasteiger charge is 2.18. The monoisotopic (exact) mass is 414 g/mol. The first-order valence-corrected chi connectivity index (χ1v) is 9.29. The summed E-state index contributed by atoms with van der Waals surface area (Å²) < 4.78 is 1.63. The lowest BCUT2D eigenvalue weighted by Gasteiger charge is -2.11. The molecule has 4 aromatic rings. The molecule has 0 saturated carbocycles. The summed E-state index contributed by atoms with van der Waals surface area (Å²) in [6, 6.07) is 21.8. The van der Waals surface area contributed by atoms with Crippen molar-refractivity contribution in [2.75, 3.05) is 0 Å². The van der Waals surface area contributed by atoms with Crippen LogP contribution in [0.15, 0.2) is 77.6 Å². The largest absolute Gasteiger partial charge is 0.331 e. The van der Waals surface area contributed by atoms with Crippen LogP contribution < -0.4 is 5.69 Å². The second-order valence-electron chi connectivity index (χ2n) is 5.98. The standard InChI is InChI=1S/C21H13Cl3N2O/c22-15-5-1-13(2-6-15)19-20(14-3-7-16(23)8-4-14)26(21(27)25-19)18-11-9-17(24)10-12-18/h1-12H,(H,25,27). The van der Waals surface area contributed by atoms with Gasteiger partial charge < -0.3 is 4.98 Å². The van der Waals surface area contributed by atoms with Gasteiger partial charge in [-0.25, -0.2) is 4.79 Å². The molecule has 134 valence electrons. The number of nitrogens with zero attached hydrogens (tertiary/aromatic N) is 1. The van der Waals surface area contributed by atoms with Gasteiger partial charge in [0.2, 0.25) is 0 Å². The van der Waals surface area contributed by atoms with E-state index in [9.17, 15) is 4.79 Å². The molecule has 0 radical (unpaired) electrons. The van der Waals surface area contributed by atoms with Crippen LogP contribution in [0.4, 0.5) is 0 Å². The third-order valence-electron chi connectivity index (χ3n) is 4.23. The van der Waals surface area contributed by atoms with Crippen LogP contribution in [0.3, 0.4) is 0 Å². The molecule has 0 unspecified atom stereocenters. The van der Waals surface area contributed by atoms with Gasteiger partial charge in [-0.15, -0.1) is 0 Å². The van der Waals surface area contributed by atoms with Gasteiger partial charge in [-0.2, -0.15) is 0 Å². The van der Waals surface area contributed by atoms with E-state index in [1.807, 2.05) is 36.4 Å². The Balaban J connectivity index is 2.01. The molecule has 4 rings (SSSR count). The Kier molecular flexibility index (Phi) is 4.83. The highest BCUT2D eigenvalue weighted by molar-refractivity contribution is 6.31. The van der Waals surface area contributed by atoms with Crippen LogP contribution in [0, 0.1) is 0 Å². The second-order valence-corrected chi connectivity index (χ2v) is 7.29. The lowest BCUT2D eigenvalue weighted by Crippen LogP contribution is -2.15. The Hall–Kier alpha value is -2.46. The van der Waals surface area contributed by atoms with Gasteiger partial charge in [-0.05, 0) is 48.5 Å². The molecule has 1 N–H and O–H groups in total. The van der Waals surface area contributed by atoms with Crippen molar-refractivity contribution in [1.29, 1.82) is 0 Å². The minimum Gasteiger partial charge on any atom is -0.305 e. The SMILES string of the molecule is O=c1[nH]c(-c2ccc(Cl)cc2)c(-c2ccc(Cl)cc2)n1-c1ccc(Cl)cc1. The fourth-order valence-electron chi connectivity index (χ4n) is 2.98. The number of nitrogens with one attached hydrogen (secondary N) is 1. The number of hydrogen-bond donors (Lipinski definition) is 1. The van der Waals surface area contributed by atoms with Gasteiger partial charge in [-0.3, -0.25) is 4.57 Å². The van der Waals surface area contributed by atoms with Crippen molar-refractivity contribution >= 4 is 34.8 Å². The molecule has 6 heteroatoms. The fourth-order valence-corrected chi connectivity index (χ4v) is 3.36. The number of H-pyrrole nitrogens is 1. The molecule has 0 bridgehead atoms. The van der Waals surface area contributed by atoms with Crippen LogP contribution in [0.25, 0.3) is 28.2 Å². The maximum Gasteiger partial charge on any atom is 0.331 e. The number of aromatic nitrogens is 2. The van der Waals surface area contributed by atoms with E-state index >= 15 is 0 Å². The summed E-state index contributed by atoms with van der Waals surface area (Å²) in [6.07, 6.45) is 0. The predicted molar refractivity (Wildman–Crippen MR) is 112 cm³/mol. The summed E-state index contributed by atoms with van der Waals surface area (Å²) in [7, 11) is 0. The quantitative estimate of drug-likeness (QED) is 0.409. The molecular formula is C21H13Cl3N2O. The maximum atomic E-state index is 12.8. The van der Waals surface area contributed by atoms with Crippen LogP contribution in [-0.2, 0) is 0 Å². The molecule has 0 aliphatic heterocycles. The number of rotatable bonds is 3. The zero-order valence-corrected chi connectivity index (χ0v) is 16.2. The van der Waals surface area contributed by atoms with Crippen molar-refractivity contribution in [3.8, 4) is 28.2 Å². The first-order chi connectivity index (χ1) is 13.0. The van der Waals surface area contributed by atoms with E-state index in [4.69, 9.17) is 34.8 Å². The molecule has 0 fully saturated rings. The molecule has 0 atom stereocenters. The molecule has 1 heterocycles. The van der Waals surface area contributed by atoms with Gasteiger partial charge in [0, 0.05) is 26.2 Å². The first kappa shape index (κ1) is 17.9. The summed E-state index contributed by atoms with van der Waals surface area (Å²) in [6.45, 7) is 0. The minimum atomic E-state index is -0.243. The van der Waals surface area contributed by atoms with Crippen molar-refractivity contribution in [3.63, 3.8) is 0 Å². The Labute approximate surface area is 170 Å². The molecule has 1 aromatic heterocycles. The van der Waals surface area contributed by atoms with E-state index in [1.54, 1.807) is 41.0 Å². The van der Waals surface area contributed by atoms with Gasteiger partial charge in [-0.1, -0.05) is 59.1 Å². The van der Waals surface area contributed by atoms with Gasteiger partial charge in [0.25, 0.3) is 0 Å². The predicted octanol–water partition coefficient (Wildman–Crippen LogP) is 6.46. The van der Waals surface area contributed by atoms with Crippen LogP contribution >= 0.6 is 34.8 Å². The smallest absolute Gasteiger partial charge is 0.305 e. The topological polar surface area (TPSA) is 37.8 Å². The highest BCUT2D eigenvalue weighted by atomic mass is 35.5. The van der Waals surface area contributed by atoms with E-state index in [1.165, 1.54) is 0 Å². The molecule has 0 aliphatic rings. The second kappa shape index (κ2) is 7.28. The number of halogens is 3. The van der Waals surface area contributed by atoms with Crippen molar-refractivity contribution < 1.29 is 0 Å².